The zero-order chi connectivity index (χ0) is 22.2. The van der Waals surface area contributed by atoms with Crippen molar-refractivity contribution in [3.05, 3.63) is 35.4 Å². The Kier molecular flexibility index (Phi) is 14.7. The molecule has 0 aliphatic carbocycles. The Morgan fingerprint density at radius 2 is 1.07 bits per heavy atom. The van der Waals surface area contributed by atoms with E-state index in [2.05, 4.69) is 53.3 Å². The summed E-state index contributed by atoms with van der Waals surface area (Å²) in [5, 5.41) is 13.1. The van der Waals surface area contributed by atoms with Crippen LogP contribution in [0.5, 0.6) is 0 Å². The zero-order valence-electron chi connectivity index (χ0n) is 18.0. The molecule has 8 heteroatoms. The predicted octanol–water partition coefficient (Wildman–Crippen LogP) is 4.74. The summed E-state index contributed by atoms with van der Waals surface area (Å²) < 4.78 is 0. The molecule has 4 N–H and O–H groups in total. The van der Waals surface area contributed by atoms with Crippen molar-refractivity contribution in [2.75, 3.05) is 13.1 Å². The minimum absolute atomic E-state index is 0.593. The maximum atomic E-state index is 5.42. The van der Waals surface area contributed by atoms with Crippen molar-refractivity contribution in [1.82, 2.24) is 21.3 Å². The Morgan fingerprint density at radius 3 is 1.47 bits per heavy atom. The van der Waals surface area contributed by atoms with Crippen molar-refractivity contribution in [2.45, 2.75) is 65.5 Å². The summed E-state index contributed by atoms with van der Waals surface area (Å²) in [6.45, 7) is 7.51. The van der Waals surface area contributed by atoms with Crippen LogP contribution in [0.15, 0.2) is 24.3 Å². The van der Waals surface area contributed by atoms with E-state index >= 15 is 0 Å². The molecule has 30 heavy (non-hydrogen) atoms. The third kappa shape index (κ3) is 13.2. The number of benzene rings is 1. The van der Waals surface area contributed by atoms with E-state index in [-0.39, 0.29) is 0 Å². The largest absolute Gasteiger partial charge is 0.379 e. The van der Waals surface area contributed by atoms with Crippen LogP contribution in [-0.4, -0.2) is 33.0 Å². The minimum atomic E-state index is 0.593. The highest BCUT2D eigenvalue weighted by Crippen LogP contribution is 2.06. The van der Waals surface area contributed by atoms with Gasteiger partial charge in [0.1, 0.15) is 0 Å². The smallest absolute Gasteiger partial charge is 0.0824 e. The Balaban J connectivity index is 2.35. The lowest BCUT2D eigenvalue weighted by atomic mass is 10.1. The van der Waals surface area contributed by atoms with Crippen LogP contribution in [0.25, 0.3) is 0 Å². The molecule has 1 rings (SSSR count). The highest BCUT2D eigenvalue weighted by Gasteiger charge is 2.04. The first-order valence-electron chi connectivity index (χ1n) is 10.6. The summed E-state index contributed by atoms with van der Waals surface area (Å²) in [5.41, 5.74) is 2.34. The first kappa shape index (κ1) is 26.8. The Labute approximate surface area is 203 Å². The average Bonchev–Trinajstić information content (AvgIpc) is 2.71. The number of hydrogen-bond donors (Lipinski definition) is 4. The molecule has 166 valence electrons. The fraction of sp³-hybridized carbons (Fsp3) is 0.545. The van der Waals surface area contributed by atoms with Crippen LogP contribution in [0.3, 0.4) is 0 Å². The van der Waals surface area contributed by atoms with Gasteiger partial charge in [-0.15, -0.1) is 0 Å². The number of unbranched alkanes of at least 4 members (excludes halogenated alkanes) is 2. The lowest BCUT2D eigenvalue weighted by molar-refractivity contribution is 0.755. The predicted molar refractivity (Wildman–Crippen MR) is 146 cm³/mol. The molecule has 1 aromatic carbocycles. The van der Waals surface area contributed by atoms with Crippen LogP contribution in [-0.2, 0) is 13.1 Å². The third-order valence-corrected chi connectivity index (χ3v) is 5.47. The molecule has 0 saturated carbocycles. The average molecular weight is 483 g/mol. The Bertz CT molecular complexity index is 651. The molecule has 0 fully saturated rings. The van der Waals surface area contributed by atoms with E-state index in [1.165, 1.54) is 11.1 Å². The molecule has 0 spiro atoms. The van der Waals surface area contributed by atoms with Crippen molar-refractivity contribution in [3.63, 3.8) is 0 Å². The van der Waals surface area contributed by atoms with Gasteiger partial charge in [0, 0.05) is 39.0 Å². The lowest BCUT2D eigenvalue weighted by Gasteiger charge is -2.13. The van der Waals surface area contributed by atoms with E-state index in [0.29, 0.717) is 25.9 Å². The van der Waals surface area contributed by atoms with E-state index in [9.17, 15) is 0 Å². The summed E-state index contributed by atoms with van der Waals surface area (Å²) in [4.78, 5) is 3.12. The highest BCUT2D eigenvalue weighted by molar-refractivity contribution is 7.82. The van der Waals surface area contributed by atoms with Gasteiger partial charge in [-0.05, 0) is 24.0 Å². The molecule has 1 aromatic rings. The van der Waals surface area contributed by atoms with Crippen LogP contribution in [0, 0.1) is 0 Å². The Morgan fingerprint density at radius 1 is 0.667 bits per heavy atom. The van der Waals surface area contributed by atoms with Crippen LogP contribution < -0.4 is 21.3 Å². The van der Waals surface area contributed by atoms with Gasteiger partial charge in [-0.2, -0.15) is 0 Å². The molecule has 0 aliphatic heterocycles. The molecule has 0 aromatic heterocycles. The van der Waals surface area contributed by atoms with Crippen LogP contribution in [0.2, 0.25) is 0 Å². The summed E-state index contributed by atoms with van der Waals surface area (Å²) >= 11 is 21.5. The van der Waals surface area contributed by atoms with Crippen molar-refractivity contribution in [3.8, 4) is 0 Å². The summed E-state index contributed by atoms with van der Waals surface area (Å²) in [6, 6.07) is 8.37. The van der Waals surface area contributed by atoms with Gasteiger partial charge < -0.3 is 21.3 Å². The maximum Gasteiger partial charge on any atom is 0.0824 e. The summed E-state index contributed by atoms with van der Waals surface area (Å²) in [7, 11) is 0. The van der Waals surface area contributed by atoms with E-state index in [1.54, 1.807) is 0 Å². The quantitative estimate of drug-likeness (QED) is 0.224. The third-order valence-electron chi connectivity index (χ3n) is 4.32. The monoisotopic (exact) mass is 482 g/mol. The van der Waals surface area contributed by atoms with Gasteiger partial charge in [-0.1, -0.05) is 99.8 Å². The van der Waals surface area contributed by atoms with Crippen LogP contribution >= 0.6 is 48.9 Å². The summed E-state index contributed by atoms with van der Waals surface area (Å²) in [5.74, 6) is 0. The van der Waals surface area contributed by atoms with E-state index in [0.717, 1.165) is 58.7 Å². The van der Waals surface area contributed by atoms with Crippen molar-refractivity contribution in [2.24, 2.45) is 0 Å². The first-order valence-corrected chi connectivity index (χ1v) is 12.2. The van der Waals surface area contributed by atoms with Gasteiger partial charge in [-0.3, -0.25) is 0 Å². The standard InChI is InChI=1S/C22H34N4S4/c1-3-5-10-23-19(27)13-21(29)25-15-17-8-7-9-18(12-17)16-26-22(30)14-20(28)24-11-6-4-2/h7-9,12H,3-6,10-11,13-16H2,1-2H3,(H,23,27)(H,24,28)(H,25,29)(H,26,30). The lowest BCUT2D eigenvalue weighted by Crippen LogP contribution is -2.30. The van der Waals surface area contributed by atoms with Gasteiger partial charge in [-0.25, -0.2) is 0 Å². The molecular weight excluding hydrogens is 449 g/mol. The van der Waals surface area contributed by atoms with Gasteiger partial charge in [0.15, 0.2) is 0 Å². The molecule has 0 heterocycles. The maximum absolute atomic E-state index is 5.42. The van der Waals surface area contributed by atoms with Crippen molar-refractivity contribution < 1.29 is 0 Å². The normalized spacial score (nSPS) is 10.2. The van der Waals surface area contributed by atoms with Gasteiger partial charge in [0.2, 0.25) is 0 Å². The molecule has 0 atom stereocenters. The second-order valence-electron chi connectivity index (χ2n) is 7.13. The van der Waals surface area contributed by atoms with Gasteiger partial charge in [0.25, 0.3) is 0 Å². The van der Waals surface area contributed by atoms with E-state index in [4.69, 9.17) is 48.9 Å². The second kappa shape index (κ2) is 16.5. The van der Waals surface area contributed by atoms with E-state index in [1.807, 2.05) is 6.07 Å². The van der Waals surface area contributed by atoms with E-state index < -0.39 is 0 Å². The second-order valence-corrected chi connectivity index (χ2v) is 9.11. The van der Waals surface area contributed by atoms with Crippen LogP contribution in [0.4, 0.5) is 0 Å². The number of nitrogens with one attached hydrogen (secondary N) is 4. The zero-order valence-corrected chi connectivity index (χ0v) is 21.3. The fourth-order valence-electron chi connectivity index (χ4n) is 2.60. The highest BCUT2D eigenvalue weighted by atomic mass is 32.1. The minimum Gasteiger partial charge on any atom is -0.379 e. The Hall–Kier alpha value is -1.22. The van der Waals surface area contributed by atoms with Crippen molar-refractivity contribution >= 4 is 68.8 Å². The molecule has 0 saturated heterocycles. The van der Waals surface area contributed by atoms with Gasteiger partial charge >= 0.3 is 0 Å². The molecule has 0 unspecified atom stereocenters. The topological polar surface area (TPSA) is 48.1 Å². The van der Waals surface area contributed by atoms with Gasteiger partial charge in [0.05, 0.1) is 20.0 Å². The number of rotatable bonds is 14. The molecule has 0 aliphatic rings. The number of thiocarbonyl (C=S) groups is 4. The molecule has 0 bridgehead atoms. The summed E-state index contributed by atoms with van der Waals surface area (Å²) in [6.07, 6.45) is 5.72. The first-order chi connectivity index (χ1) is 14.4. The molecular formula is C22H34N4S4. The van der Waals surface area contributed by atoms with Crippen molar-refractivity contribution in [1.29, 1.82) is 0 Å². The molecule has 4 nitrogen and oxygen atoms in total. The fourth-order valence-corrected chi connectivity index (χ4v) is 3.71. The number of hydrogen-bond acceptors (Lipinski definition) is 4. The molecule has 0 amide bonds. The van der Waals surface area contributed by atoms with Crippen LogP contribution in [0.1, 0.15) is 63.5 Å². The molecule has 0 radical (unpaired) electrons. The SMILES string of the molecule is CCCCNC(=S)CC(=S)NCc1cccc(CNC(=S)CC(=S)NCCCC)c1.